The second kappa shape index (κ2) is 15.2. The fourth-order valence-electron chi connectivity index (χ4n) is 6.36. The van der Waals surface area contributed by atoms with Crippen molar-refractivity contribution in [1.29, 1.82) is 0 Å². The van der Waals surface area contributed by atoms with Gasteiger partial charge in [0.25, 0.3) is 0 Å². The fraction of sp³-hybridized carbons (Fsp3) is 0.400. The molecule has 4 aromatic rings. The highest BCUT2D eigenvalue weighted by atomic mass is 32.1. The molecule has 45 heavy (non-hydrogen) atoms. The van der Waals surface area contributed by atoms with E-state index in [0.29, 0.717) is 11.8 Å². The van der Waals surface area contributed by atoms with Gasteiger partial charge in [0, 0.05) is 5.69 Å². The number of anilines is 2. The van der Waals surface area contributed by atoms with Crippen LogP contribution in [0.5, 0.6) is 0 Å². The lowest BCUT2D eigenvalue weighted by Crippen LogP contribution is -2.29. The van der Waals surface area contributed by atoms with E-state index in [2.05, 4.69) is 151 Å². The number of unbranched alkanes of at least 4 members (excludes halogenated alkanes) is 1. The van der Waals surface area contributed by atoms with Crippen LogP contribution >= 0.6 is 14.1 Å². The van der Waals surface area contributed by atoms with E-state index in [0.717, 1.165) is 41.0 Å². The Morgan fingerprint density at radius 2 is 1.00 bits per heavy atom. The number of hydrogen-bond acceptors (Lipinski definition) is 2. The zero-order valence-corrected chi connectivity index (χ0v) is 30.8. The topological polar surface area (TPSA) is 41.1 Å². The van der Waals surface area contributed by atoms with Gasteiger partial charge in [-0.3, -0.25) is 0 Å². The van der Waals surface area contributed by atoms with E-state index in [4.69, 9.17) is 0 Å². The predicted octanol–water partition coefficient (Wildman–Crippen LogP) is 12.3. The number of rotatable bonds is 14. The SMILES string of the molecule is CCCC[P+](Nc1c(C(C)C)cccc1C(C)C)(c1ccccc1)P(=O)(Nc1c(C(C)C)cccc1C(C)C)c1ccccc1. The molecule has 0 aliphatic heterocycles. The van der Waals surface area contributed by atoms with Crippen molar-refractivity contribution in [3.63, 3.8) is 0 Å². The molecule has 0 radical (unpaired) electrons. The quantitative estimate of drug-likeness (QED) is 0.135. The summed E-state index contributed by atoms with van der Waals surface area (Å²) in [5.74, 6) is 1.18. The zero-order valence-electron chi connectivity index (χ0n) is 29.0. The minimum Gasteiger partial charge on any atom is -0.302 e. The van der Waals surface area contributed by atoms with Crippen LogP contribution in [0.4, 0.5) is 11.4 Å². The molecule has 0 amide bonds. The largest absolute Gasteiger partial charge is 0.351 e. The Morgan fingerprint density at radius 1 is 0.578 bits per heavy atom. The van der Waals surface area contributed by atoms with E-state index in [-0.39, 0.29) is 11.8 Å². The Morgan fingerprint density at radius 3 is 1.42 bits per heavy atom. The van der Waals surface area contributed by atoms with Crippen LogP contribution in [0.25, 0.3) is 0 Å². The van der Waals surface area contributed by atoms with Crippen LogP contribution < -0.4 is 20.8 Å². The van der Waals surface area contributed by atoms with Gasteiger partial charge in [0.05, 0.1) is 17.2 Å². The molecule has 2 N–H and O–H groups in total. The smallest absolute Gasteiger partial charge is 0.302 e. The van der Waals surface area contributed by atoms with Crippen LogP contribution in [-0.2, 0) is 4.57 Å². The van der Waals surface area contributed by atoms with Crippen LogP contribution in [0.1, 0.15) is 121 Å². The lowest BCUT2D eigenvalue weighted by Gasteiger charge is -2.38. The third-order valence-corrected chi connectivity index (χ3v) is 19.6. The highest BCUT2D eigenvalue weighted by Crippen LogP contribution is 2.86. The summed E-state index contributed by atoms with van der Waals surface area (Å²) < 4.78 is 16.9. The van der Waals surface area contributed by atoms with E-state index in [9.17, 15) is 0 Å². The van der Waals surface area contributed by atoms with Crippen molar-refractivity contribution in [3.05, 3.63) is 119 Å². The molecule has 0 aliphatic carbocycles. The van der Waals surface area contributed by atoms with Gasteiger partial charge in [0.1, 0.15) is 5.30 Å². The maximum Gasteiger partial charge on any atom is 0.351 e. The van der Waals surface area contributed by atoms with Gasteiger partial charge in [-0.1, -0.05) is 142 Å². The van der Waals surface area contributed by atoms with E-state index in [1.165, 1.54) is 22.3 Å². The number of nitrogens with one attached hydrogen (secondary N) is 2. The molecule has 0 saturated heterocycles. The van der Waals surface area contributed by atoms with E-state index >= 15 is 4.57 Å². The van der Waals surface area contributed by atoms with Crippen LogP contribution in [-0.4, -0.2) is 6.16 Å². The molecule has 240 valence electrons. The summed E-state index contributed by atoms with van der Waals surface area (Å²) in [7, 11) is -2.74. The normalized spacial score (nSPS) is 14.5. The summed E-state index contributed by atoms with van der Waals surface area (Å²) in [5.41, 5.74) is 7.18. The predicted molar refractivity (Wildman–Crippen MR) is 203 cm³/mol. The zero-order chi connectivity index (χ0) is 32.8. The molecule has 0 saturated carbocycles. The Hall–Kier alpha value is -2.86. The molecular formula is C40H55N2OP2+. The first-order chi connectivity index (χ1) is 21.5. The fourth-order valence-corrected chi connectivity index (χ4v) is 17.3. The van der Waals surface area contributed by atoms with Gasteiger partial charge < -0.3 is 5.09 Å². The second-order valence-electron chi connectivity index (χ2n) is 13.6. The van der Waals surface area contributed by atoms with Crippen LogP contribution in [0.3, 0.4) is 0 Å². The van der Waals surface area contributed by atoms with Crippen LogP contribution in [0.2, 0.25) is 0 Å². The van der Waals surface area contributed by atoms with Crippen molar-refractivity contribution in [2.75, 3.05) is 16.3 Å². The summed E-state index contributed by atoms with van der Waals surface area (Å²) >= 11 is 0. The molecule has 3 nitrogen and oxygen atoms in total. The van der Waals surface area contributed by atoms with Gasteiger partial charge in [-0.15, -0.1) is 0 Å². The first kappa shape index (κ1) is 35.0. The third-order valence-electron chi connectivity index (χ3n) is 8.91. The molecule has 2 unspecified atom stereocenters. The molecule has 0 spiro atoms. The average molecular weight is 642 g/mol. The van der Waals surface area contributed by atoms with Crippen LogP contribution in [0.15, 0.2) is 97.1 Å². The molecule has 0 bridgehead atoms. The summed E-state index contributed by atoms with van der Waals surface area (Å²) in [6.45, 7) is 16.8. The Bertz CT molecular complexity index is 1530. The summed E-state index contributed by atoms with van der Waals surface area (Å²) in [4.78, 5) is 0. The van der Waals surface area contributed by atoms with Gasteiger partial charge >= 0.3 is 6.98 Å². The highest BCUT2D eigenvalue weighted by molar-refractivity contribution is 8.48. The summed E-state index contributed by atoms with van der Waals surface area (Å²) in [6, 6.07) is 34.3. The highest BCUT2D eigenvalue weighted by Gasteiger charge is 2.60. The molecule has 0 heterocycles. The van der Waals surface area contributed by atoms with Crippen molar-refractivity contribution in [1.82, 2.24) is 0 Å². The molecule has 0 aliphatic rings. The monoisotopic (exact) mass is 641 g/mol. The Balaban J connectivity index is 2.17. The molecule has 2 atom stereocenters. The minimum atomic E-state index is -3.44. The van der Waals surface area contributed by atoms with E-state index in [1.54, 1.807) is 0 Å². The average Bonchev–Trinajstić information content (AvgIpc) is 3.03. The first-order valence-electron chi connectivity index (χ1n) is 16.9. The van der Waals surface area contributed by atoms with Gasteiger partial charge in [0.15, 0.2) is 0 Å². The first-order valence-corrected chi connectivity index (χ1v) is 21.3. The van der Waals surface area contributed by atoms with Crippen molar-refractivity contribution < 1.29 is 4.57 Å². The molecular weight excluding hydrogens is 586 g/mol. The Labute approximate surface area is 274 Å². The van der Waals surface area contributed by atoms with Crippen molar-refractivity contribution in [3.8, 4) is 0 Å². The molecule has 5 heteroatoms. The molecule has 0 fully saturated rings. The lowest BCUT2D eigenvalue weighted by molar-refractivity contribution is 0.592. The maximum absolute atomic E-state index is 16.9. The number of hydrogen-bond donors (Lipinski definition) is 2. The minimum absolute atomic E-state index is 0.276. The van der Waals surface area contributed by atoms with Crippen molar-refractivity contribution in [2.45, 2.75) is 98.8 Å². The maximum atomic E-state index is 16.9. The third kappa shape index (κ3) is 7.26. The standard InChI is InChI=1S/C40H55N2OP2/c1-10-11-28-44(33-20-14-12-15-21-33,41-39-35(29(2)3)24-18-25-36(39)30(4)5)45(43,34-22-16-13-17-23-34)42-40-37(31(6)7)26-19-27-38(40)32(8)9/h12-27,29-32,41H,10-11,28H2,1-9H3,(H,42,43)/q+1. The lowest BCUT2D eigenvalue weighted by atomic mass is 9.93. The van der Waals surface area contributed by atoms with E-state index < -0.39 is 14.1 Å². The molecule has 0 aromatic heterocycles. The van der Waals surface area contributed by atoms with Gasteiger partial charge in [0.2, 0.25) is 7.10 Å². The molecule has 4 rings (SSSR count). The van der Waals surface area contributed by atoms with Crippen molar-refractivity contribution in [2.24, 2.45) is 0 Å². The van der Waals surface area contributed by atoms with Gasteiger partial charge in [-0.05, 0) is 76.6 Å². The molecule has 4 aromatic carbocycles. The van der Waals surface area contributed by atoms with Gasteiger partial charge in [-0.25, -0.2) is 9.65 Å². The van der Waals surface area contributed by atoms with Crippen LogP contribution in [0, 0.1) is 0 Å². The Kier molecular flexibility index (Phi) is 11.8. The van der Waals surface area contributed by atoms with Gasteiger partial charge in [-0.2, -0.15) is 0 Å². The number of benzene rings is 4. The summed E-state index contributed by atoms with van der Waals surface area (Å²) in [6.07, 6.45) is 2.81. The van der Waals surface area contributed by atoms with Crippen molar-refractivity contribution >= 4 is 36.1 Å². The summed E-state index contributed by atoms with van der Waals surface area (Å²) in [5, 5.41) is 10.3. The van der Waals surface area contributed by atoms with E-state index in [1.807, 2.05) is 18.2 Å². The second-order valence-corrected chi connectivity index (χ2v) is 21.9. The number of para-hydroxylation sites is 2.